The molecule has 0 amide bonds. The Bertz CT molecular complexity index is 1510. The van der Waals surface area contributed by atoms with Crippen LogP contribution in [0, 0.1) is 34.5 Å². The summed E-state index contributed by atoms with van der Waals surface area (Å²) in [5.41, 5.74) is 5.36. The topological polar surface area (TPSA) is 49.3 Å². The average molecular weight is 810 g/mol. The summed E-state index contributed by atoms with van der Waals surface area (Å²) in [5.74, 6) is 1.90. The van der Waals surface area contributed by atoms with Gasteiger partial charge in [-0.05, 0) is 111 Å². The fourth-order valence-corrected chi connectivity index (χ4v) is 8.37. The number of hydrogen-bond donors (Lipinski definition) is 0. The van der Waals surface area contributed by atoms with Crippen LogP contribution in [-0.4, -0.2) is 49.9 Å². The van der Waals surface area contributed by atoms with Crippen LogP contribution in [0.4, 0.5) is 0 Å². The Kier molecular flexibility index (Phi) is 13.9. The second kappa shape index (κ2) is 16.7. The van der Waals surface area contributed by atoms with Gasteiger partial charge < -0.3 is 19.0 Å². The largest absolute Gasteiger partial charge is 0.395 e. The molecular formula is C43H64BrCl2NO4. The van der Waals surface area contributed by atoms with Gasteiger partial charge in [0.25, 0.3) is 0 Å². The van der Waals surface area contributed by atoms with Crippen molar-refractivity contribution in [3.63, 3.8) is 0 Å². The van der Waals surface area contributed by atoms with E-state index in [4.69, 9.17) is 42.3 Å². The van der Waals surface area contributed by atoms with Crippen molar-refractivity contribution in [3.8, 4) is 0 Å². The van der Waals surface area contributed by atoms with Crippen LogP contribution in [0.1, 0.15) is 113 Å². The predicted octanol–water partition coefficient (Wildman–Crippen LogP) is 12.2. The molecule has 4 aliphatic heterocycles. The Labute approximate surface area is 328 Å². The monoisotopic (exact) mass is 807 g/mol. The van der Waals surface area contributed by atoms with E-state index in [1.54, 1.807) is 0 Å². The van der Waals surface area contributed by atoms with Gasteiger partial charge in [-0.2, -0.15) is 0 Å². The number of hydrogen-bond acceptors (Lipinski definition) is 5. The van der Waals surface area contributed by atoms with E-state index in [2.05, 4.69) is 128 Å². The second-order valence-electron chi connectivity index (χ2n) is 18.8. The molecule has 5 unspecified atom stereocenters. The van der Waals surface area contributed by atoms with Gasteiger partial charge in [-0.3, -0.25) is 0 Å². The minimum atomic E-state index is -0.0989. The van der Waals surface area contributed by atoms with Crippen molar-refractivity contribution < 1.29 is 19.0 Å². The standard InChI is InChI=1S/C22H33ClO2.C12H16BrCl.C9H15NO2/c1-15-18-12-24-13-22(18,14-25-21(15,5)6)17-8-7-16(19(23)11-17)9-10-20(2,3)4;1-12(2,3)7-6-9-4-5-10(13)8-11(9)14;1-6-7-4-12-10-8(7)5-11-9(6,2)3/h7-8,11,15,18H,9-10,12-14H2,1-6H3;4-5,8H,6-7H2,1-3H3;6-7H,4-5H2,1-3H3. The molecular weight excluding hydrogens is 745 g/mol. The fraction of sp³-hybridized carbons (Fsp3) is 0.698. The first-order valence-electron chi connectivity index (χ1n) is 18.8. The molecule has 0 N–H and O–H groups in total. The van der Waals surface area contributed by atoms with Gasteiger partial charge in [0.15, 0.2) is 0 Å². The molecule has 5 nitrogen and oxygen atoms in total. The zero-order valence-electron chi connectivity index (χ0n) is 33.4. The van der Waals surface area contributed by atoms with Gasteiger partial charge in [0.05, 0.1) is 43.3 Å². The number of fused-ring (bicyclic) bond motifs is 2. The summed E-state index contributed by atoms with van der Waals surface area (Å²) in [5, 5.41) is 5.72. The van der Waals surface area contributed by atoms with E-state index in [9.17, 15) is 0 Å². The summed E-state index contributed by atoms with van der Waals surface area (Å²) >= 11 is 16.2. The van der Waals surface area contributed by atoms with Gasteiger partial charge in [0.1, 0.15) is 6.61 Å². The molecule has 3 fully saturated rings. The van der Waals surface area contributed by atoms with E-state index in [1.165, 1.54) is 16.7 Å². The highest BCUT2D eigenvalue weighted by Gasteiger charge is 2.55. The van der Waals surface area contributed by atoms with E-state index in [1.807, 2.05) is 12.1 Å². The lowest BCUT2D eigenvalue weighted by molar-refractivity contribution is -0.141. The molecule has 0 spiro atoms. The third-order valence-electron chi connectivity index (χ3n) is 11.9. The number of nitrogens with zero attached hydrogens (tertiary/aromatic N) is 1. The lowest BCUT2D eigenvalue weighted by Crippen LogP contribution is -2.55. The first-order chi connectivity index (χ1) is 23.5. The SMILES string of the molecule is CC(C)(C)CCc1ccc(Br)cc1Cl.CC1C2COCC2(c2ccc(CCC(C)(C)C)c(Cl)c2)COC1(C)C.CC1C2CON=C2COC1(C)C. The normalized spacial score (nSPS) is 27.9. The van der Waals surface area contributed by atoms with Crippen LogP contribution in [0.15, 0.2) is 46.0 Å². The van der Waals surface area contributed by atoms with Gasteiger partial charge in [0.2, 0.25) is 0 Å². The number of rotatable bonds is 5. The maximum Gasteiger partial charge on any atom is 0.125 e. The van der Waals surface area contributed by atoms with Gasteiger partial charge in [0, 0.05) is 31.8 Å². The minimum absolute atomic E-state index is 0.0304. The van der Waals surface area contributed by atoms with Crippen LogP contribution in [0.2, 0.25) is 10.0 Å². The van der Waals surface area contributed by atoms with Crippen molar-refractivity contribution in [1.82, 2.24) is 0 Å². The molecule has 3 saturated heterocycles. The zero-order chi connectivity index (χ0) is 38.0. The first-order valence-corrected chi connectivity index (χ1v) is 20.4. The van der Waals surface area contributed by atoms with Crippen molar-refractivity contribution in [2.24, 2.45) is 39.7 Å². The summed E-state index contributed by atoms with van der Waals surface area (Å²) in [4.78, 5) is 5.06. The minimum Gasteiger partial charge on any atom is -0.395 e. The number of ether oxygens (including phenoxy) is 3. The third-order valence-corrected chi connectivity index (χ3v) is 13.1. The van der Waals surface area contributed by atoms with Crippen LogP contribution < -0.4 is 0 Å². The molecule has 2 aromatic carbocycles. The Hall–Kier alpha value is -1.15. The molecule has 6 rings (SSSR count). The fourth-order valence-electron chi connectivity index (χ4n) is 7.33. The van der Waals surface area contributed by atoms with E-state index in [0.717, 1.165) is 65.7 Å². The highest BCUT2D eigenvalue weighted by molar-refractivity contribution is 9.10. The molecule has 0 saturated carbocycles. The predicted molar refractivity (Wildman–Crippen MR) is 217 cm³/mol. The molecule has 0 bridgehead atoms. The van der Waals surface area contributed by atoms with Crippen molar-refractivity contribution >= 4 is 44.8 Å². The molecule has 0 radical (unpaired) electrons. The number of oxime groups is 1. The number of halogens is 3. The van der Waals surface area contributed by atoms with Crippen LogP contribution in [0.5, 0.6) is 0 Å². The average Bonchev–Trinajstić information content (AvgIpc) is 3.69. The second-order valence-corrected chi connectivity index (χ2v) is 20.5. The quantitative estimate of drug-likeness (QED) is 0.302. The summed E-state index contributed by atoms with van der Waals surface area (Å²) in [7, 11) is 0. The van der Waals surface area contributed by atoms with Crippen LogP contribution >= 0.6 is 39.1 Å². The maximum absolute atomic E-state index is 6.68. The van der Waals surface area contributed by atoms with Gasteiger partial charge in [-0.25, -0.2) is 0 Å². The Balaban J connectivity index is 0.000000189. The molecule has 8 heteroatoms. The highest BCUT2D eigenvalue weighted by Crippen LogP contribution is 2.50. The molecule has 2 aromatic rings. The van der Waals surface area contributed by atoms with Gasteiger partial charge >= 0.3 is 0 Å². The van der Waals surface area contributed by atoms with E-state index >= 15 is 0 Å². The highest BCUT2D eigenvalue weighted by atomic mass is 79.9. The molecule has 4 aliphatic rings. The Morgan fingerprint density at radius 1 is 0.765 bits per heavy atom. The lowest BCUT2D eigenvalue weighted by atomic mass is 9.63. The lowest BCUT2D eigenvalue weighted by Gasteiger charge is -2.49. The summed E-state index contributed by atoms with van der Waals surface area (Å²) in [6.07, 6.45) is 4.37. The third kappa shape index (κ3) is 11.0. The molecule has 5 atom stereocenters. The van der Waals surface area contributed by atoms with E-state index in [-0.39, 0.29) is 16.6 Å². The maximum atomic E-state index is 6.68. The van der Waals surface area contributed by atoms with E-state index < -0.39 is 0 Å². The molecule has 51 heavy (non-hydrogen) atoms. The molecule has 0 aliphatic carbocycles. The Morgan fingerprint density at radius 3 is 1.90 bits per heavy atom. The Morgan fingerprint density at radius 2 is 1.33 bits per heavy atom. The summed E-state index contributed by atoms with van der Waals surface area (Å²) < 4.78 is 19.0. The number of benzene rings is 2. The summed E-state index contributed by atoms with van der Waals surface area (Å²) in [6, 6.07) is 12.8. The smallest absolute Gasteiger partial charge is 0.125 e. The van der Waals surface area contributed by atoms with E-state index in [0.29, 0.717) is 47.7 Å². The van der Waals surface area contributed by atoms with Crippen molar-refractivity contribution in [2.75, 3.05) is 33.0 Å². The first kappa shape index (κ1) is 42.6. The van der Waals surface area contributed by atoms with Crippen molar-refractivity contribution in [3.05, 3.63) is 67.6 Å². The zero-order valence-corrected chi connectivity index (χ0v) is 36.4. The van der Waals surface area contributed by atoms with Crippen LogP contribution in [-0.2, 0) is 37.3 Å². The number of aryl methyl sites for hydroxylation is 2. The van der Waals surface area contributed by atoms with Crippen molar-refractivity contribution in [1.29, 1.82) is 0 Å². The molecule has 286 valence electrons. The molecule has 4 heterocycles. The van der Waals surface area contributed by atoms with Gasteiger partial charge in [-0.15, -0.1) is 0 Å². The van der Waals surface area contributed by atoms with Gasteiger partial charge in [-0.1, -0.05) is 118 Å². The van der Waals surface area contributed by atoms with Crippen molar-refractivity contribution in [2.45, 2.75) is 125 Å². The van der Waals surface area contributed by atoms with Crippen LogP contribution in [0.25, 0.3) is 0 Å². The van der Waals surface area contributed by atoms with Crippen LogP contribution in [0.3, 0.4) is 0 Å². The molecule has 0 aromatic heterocycles. The summed E-state index contributed by atoms with van der Waals surface area (Å²) in [6.45, 7) is 30.4.